The number of nitrogens with two attached hydrogens (primary N) is 1. The first-order chi connectivity index (χ1) is 15.8. The van der Waals surface area contributed by atoms with Gasteiger partial charge in [-0.25, -0.2) is 4.79 Å². The molecule has 0 saturated heterocycles. The average molecular weight is 478 g/mol. The molecule has 0 atom stereocenters. The maximum Gasteiger partial charge on any atom is 0.335 e. The second-order valence-corrected chi connectivity index (χ2v) is 7.77. The Bertz CT molecular complexity index is 1390. The topological polar surface area (TPSA) is 115 Å². The summed E-state index contributed by atoms with van der Waals surface area (Å²) in [5, 5.41) is 12.9. The van der Waals surface area contributed by atoms with Crippen molar-refractivity contribution in [3.05, 3.63) is 94.7 Å². The number of amides is 1. The maximum atomic E-state index is 13.0. The highest BCUT2D eigenvalue weighted by Gasteiger charge is 2.14. The van der Waals surface area contributed by atoms with Gasteiger partial charge in [-0.3, -0.25) is 9.78 Å². The Morgan fingerprint density at radius 2 is 1.76 bits per heavy atom. The molecule has 0 spiro atoms. The second-order valence-electron chi connectivity index (χ2n) is 7.77. The Kier molecular flexibility index (Phi) is 7.38. The second kappa shape index (κ2) is 10.2. The zero-order valence-electron chi connectivity index (χ0n) is 18.7. The monoisotopic (exact) mass is 477 g/mol. The average Bonchev–Trinajstić information content (AvgIpc) is 2.78. The molecule has 7 nitrogen and oxygen atoms in total. The number of nitrogens with zero attached hydrogens (tertiary/aromatic N) is 1. The summed E-state index contributed by atoms with van der Waals surface area (Å²) < 4.78 is 5.84. The molecule has 4 N–H and O–H groups in total. The first kappa shape index (κ1) is 24.5. The van der Waals surface area contributed by atoms with E-state index in [2.05, 4.69) is 10.3 Å². The Morgan fingerprint density at radius 3 is 2.50 bits per heavy atom. The first-order valence-electron chi connectivity index (χ1n) is 10.3. The highest BCUT2D eigenvalue weighted by molar-refractivity contribution is 6.06. The van der Waals surface area contributed by atoms with Gasteiger partial charge in [0.2, 0.25) is 0 Å². The molecule has 0 fully saturated rings. The quantitative estimate of drug-likeness (QED) is 0.343. The zero-order chi connectivity index (χ0) is 23.5. The van der Waals surface area contributed by atoms with Gasteiger partial charge in [-0.05, 0) is 67.9 Å². The van der Waals surface area contributed by atoms with Gasteiger partial charge in [0, 0.05) is 33.6 Å². The minimum Gasteiger partial charge on any atom is -0.489 e. The van der Waals surface area contributed by atoms with E-state index in [1.54, 1.807) is 49.4 Å². The highest BCUT2D eigenvalue weighted by atomic mass is 35.5. The number of fused-ring (bicyclic) bond motifs is 1. The van der Waals surface area contributed by atoms with Crippen molar-refractivity contribution in [1.82, 2.24) is 4.98 Å². The summed E-state index contributed by atoms with van der Waals surface area (Å²) in [5.41, 5.74) is 10.9. The zero-order valence-corrected chi connectivity index (χ0v) is 19.5. The standard InChI is InChI=1S/C26H23N3O4.ClH/c1-15-11-19(8-9-20(15)26(31)32)33-14-17-5-3-4-6-21(17)25(30)29-18-7-10-24-22(13-18)23(27)12-16(2)28-24;/h3-13H,14H2,1-2H3,(H2,27,28)(H,29,30)(H,31,32);1H. The van der Waals surface area contributed by atoms with Crippen molar-refractivity contribution >= 4 is 46.6 Å². The highest BCUT2D eigenvalue weighted by Crippen LogP contribution is 2.25. The van der Waals surface area contributed by atoms with Crippen molar-refractivity contribution in [3.8, 4) is 5.75 Å². The van der Waals surface area contributed by atoms with Gasteiger partial charge in [0.15, 0.2) is 0 Å². The number of benzene rings is 3. The summed E-state index contributed by atoms with van der Waals surface area (Å²) in [6.45, 7) is 3.75. The van der Waals surface area contributed by atoms with Crippen LogP contribution in [0.5, 0.6) is 5.75 Å². The minimum absolute atomic E-state index is 0. The van der Waals surface area contributed by atoms with Crippen LogP contribution in [0.4, 0.5) is 11.4 Å². The van der Waals surface area contributed by atoms with Crippen LogP contribution in [0, 0.1) is 13.8 Å². The van der Waals surface area contributed by atoms with E-state index in [4.69, 9.17) is 10.5 Å². The molecule has 34 heavy (non-hydrogen) atoms. The molecule has 0 aliphatic rings. The number of carboxylic acids is 1. The molecule has 8 heteroatoms. The van der Waals surface area contributed by atoms with Gasteiger partial charge in [0.05, 0.1) is 11.1 Å². The van der Waals surface area contributed by atoms with Crippen LogP contribution in [0.15, 0.2) is 66.7 Å². The van der Waals surface area contributed by atoms with Crippen molar-refractivity contribution < 1.29 is 19.4 Å². The fraction of sp³-hybridized carbons (Fsp3) is 0.115. The molecule has 0 aliphatic carbocycles. The molecule has 174 valence electrons. The number of carbonyl (C=O) groups is 2. The number of halogens is 1. The first-order valence-corrected chi connectivity index (χ1v) is 10.3. The summed E-state index contributed by atoms with van der Waals surface area (Å²) in [6, 6.07) is 19.2. The molecular weight excluding hydrogens is 454 g/mol. The van der Waals surface area contributed by atoms with E-state index >= 15 is 0 Å². The van der Waals surface area contributed by atoms with Gasteiger partial charge in [-0.1, -0.05) is 18.2 Å². The minimum atomic E-state index is -0.984. The number of nitrogens with one attached hydrogen (secondary N) is 1. The fourth-order valence-electron chi connectivity index (χ4n) is 3.66. The Labute approximate surface area is 203 Å². The molecule has 4 rings (SSSR count). The van der Waals surface area contributed by atoms with Gasteiger partial charge in [-0.2, -0.15) is 0 Å². The van der Waals surface area contributed by atoms with Gasteiger partial charge < -0.3 is 20.9 Å². The van der Waals surface area contributed by atoms with Crippen molar-refractivity contribution in [3.63, 3.8) is 0 Å². The number of aryl methyl sites for hydroxylation is 2. The van der Waals surface area contributed by atoms with Crippen LogP contribution in [0.25, 0.3) is 10.9 Å². The normalized spacial score (nSPS) is 10.4. The lowest BCUT2D eigenvalue weighted by Gasteiger charge is -2.13. The number of nitrogen functional groups attached to an aromatic ring is 1. The van der Waals surface area contributed by atoms with Gasteiger partial charge in [0.25, 0.3) is 5.91 Å². The number of pyridine rings is 1. The number of carboxylic acid groups (broad SMARTS) is 1. The van der Waals surface area contributed by atoms with E-state index in [9.17, 15) is 14.7 Å². The van der Waals surface area contributed by atoms with Crippen molar-refractivity contribution in [1.29, 1.82) is 0 Å². The fourth-order valence-corrected chi connectivity index (χ4v) is 3.66. The van der Waals surface area contributed by atoms with Crippen LogP contribution in [0.3, 0.4) is 0 Å². The number of carbonyl (C=O) groups excluding carboxylic acids is 1. The third kappa shape index (κ3) is 5.27. The summed E-state index contributed by atoms with van der Waals surface area (Å²) in [7, 11) is 0. The van der Waals surface area contributed by atoms with Crippen LogP contribution in [-0.2, 0) is 6.61 Å². The van der Waals surface area contributed by atoms with Gasteiger partial charge in [-0.15, -0.1) is 12.4 Å². The number of hydrogen-bond donors (Lipinski definition) is 3. The van der Waals surface area contributed by atoms with Crippen molar-refractivity contribution in [2.45, 2.75) is 20.5 Å². The number of aromatic carboxylic acids is 1. The molecule has 1 amide bonds. The van der Waals surface area contributed by atoms with E-state index in [0.29, 0.717) is 33.8 Å². The third-order valence-electron chi connectivity index (χ3n) is 5.31. The number of rotatable bonds is 6. The number of ether oxygens (including phenoxy) is 1. The molecule has 4 aromatic rings. The molecule has 1 heterocycles. The van der Waals surface area contributed by atoms with Crippen LogP contribution in [-0.4, -0.2) is 22.0 Å². The van der Waals surface area contributed by atoms with E-state index in [0.717, 1.165) is 16.6 Å². The lowest BCUT2D eigenvalue weighted by atomic mass is 10.1. The SMILES string of the molecule is Cc1cc(N)c2cc(NC(=O)c3ccccc3COc3ccc(C(=O)O)c(C)c3)ccc2n1.Cl. The lowest BCUT2D eigenvalue weighted by molar-refractivity contribution is 0.0695. The van der Waals surface area contributed by atoms with Gasteiger partial charge in [0.1, 0.15) is 12.4 Å². The molecule has 0 radical (unpaired) electrons. The molecule has 0 saturated carbocycles. The third-order valence-corrected chi connectivity index (χ3v) is 5.31. The predicted molar refractivity (Wildman–Crippen MR) is 135 cm³/mol. The summed E-state index contributed by atoms with van der Waals surface area (Å²) in [5.74, 6) is -0.729. The number of anilines is 2. The molecule has 0 unspecified atom stereocenters. The Balaban J connectivity index is 0.00000324. The maximum absolute atomic E-state index is 13.0. The Morgan fingerprint density at radius 1 is 1.00 bits per heavy atom. The van der Waals surface area contributed by atoms with E-state index < -0.39 is 5.97 Å². The molecule has 0 bridgehead atoms. The lowest BCUT2D eigenvalue weighted by Crippen LogP contribution is -2.15. The van der Waals surface area contributed by atoms with Crippen molar-refractivity contribution in [2.24, 2.45) is 0 Å². The Hall–Kier alpha value is -4.10. The van der Waals surface area contributed by atoms with Crippen molar-refractivity contribution in [2.75, 3.05) is 11.1 Å². The van der Waals surface area contributed by atoms with E-state index in [1.807, 2.05) is 25.1 Å². The van der Waals surface area contributed by atoms with Crippen LogP contribution in [0.1, 0.15) is 37.5 Å². The van der Waals surface area contributed by atoms with Crippen LogP contribution < -0.4 is 15.8 Å². The van der Waals surface area contributed by atoms with Crippen LogP contribution in [0.2, 0.25) is 0 Å². The van der Waals surface area contributed by atoms with Gasteiger partial charge >= 0.3 is 5.97 Å². The van der Waals surface area contributed by atoms with E-state index in [-0.39, 0.29) is 30.5 Å². The molecule has 0 aliphatic heterocycles. The molecule has 1 aromatic heterocycles. The van der Waals surface area contributed by atoms with E-state index in [1.165, 1.54) is 6.07 Å². The molecular formula is C26H24ClN3O4. The largest absolute Gasteiger partial charge is 0.489 e. The molecule has 3 aromatic carbocycles. The van der Waals surface area contributed by atoms with Crippen LogP contribution >= 0.6 is 12.4 Å². The number of aromatic nitrogens is 1. The summed E-state index contributed by atoms with van der Waals surface area (Å²) in [6.07, 6.45) is 0. The summed E-state index contributed by atoms with van der Waals surface area (Å²) >= 11 is 0. The predicted octanol–water partition coefficient (Wildman–Crippen LogP) is 5.39. The number of hydrogen-bond acceptors (Lipinski definition) is 5. The summed E-state index contributed by atoms with van der Waals surface area (Å²) in [4.78, 5) is 28.7. The smallest absolute Gasteiger partial charge is 0.335 e.